The molecular formula is C11H22N4O2. The van der Waals surface area contributed by atoms with Crippen molar-refractivity contribution in [2.24, 2.45) is 17.4 Å². The molecule has 6 heteroatoms. The molecule has 6 N–H and O–H groups in total. The van der Waals surface area contributed by atoms with E-state index in [4.69, 9.17) is 11.5 Å². The Bertz CT molecular complexity index is 270. The van der Waals surface area contributed by atoms with Crippen molar-refractivity contribution in [3.63, 3.8) is 0 Å². The Morgan fingerprint density at radius 2 is 1.76 bits per heavy atom. The van der Waals surface area contributed by atoms with Crippen LogP contribution in [0.25, 0.3) is 0 Å². The van der Waals surface area contributed by atoms with E-state index >= 15 is 0 Å². The first kappa shape index (κ1) is 13.8. The first-order valence-corrected chi connectivity index (χ1v) is 6.15. The zero-order chi connectivity index (χ0) is 12.7. The summed E-state index contributed by atoms with van der Waals surface area (Å²) >= 11 is 0. The van der Waals surface area contributed by atoms with Gasteiger partial charge in [0.2, 0.25) is 5.91 Å². The number of rotatable bonds is 5. The standard InChI is InChI=1S/C11H22N4O2/c12-9-4-2-1-3-8(9)7-10(16)14-5-6-15-11(13)17/h8-9H,1-7,12H2,(H,14,16)(H3,13,15,17). The number of carbonyl (C=O) groups excluding carboxylic acids is 2. The first-order chi connectivity index (χ1) is 8.09. The zero-order valence-corrected chi connectivity index (χ0v) is 10.1. The van der Waals surface area contributed by atoms with Crippen LogP contribution < -0.4 is 22.1 Å². The number of urea groups is 1. The van der Waals surface area contributed by atoms with Gasteiger partial charge in [0, 0.05) is 25.6 Å². The van der Waals surface area contributed by atoms with E-state index in [0.29, 0.717) is 25.4 Å². The third kappa shape index (κ3) is 5.53. The highest BCUT2D eigenvalue weighted by Crippen LogP contribution is 2.25. The number of hydrogen-bond donors (Lipinski definition) is 4. The second-order valence-corrected chi connectivity index (χ2v) is 4.55. The lowest BCUT2D eigenvalue weighted by molar-refractivity contribution is -0.122. The van der Waals surface area contributed by atoms with Crippen molar-refractivity contribution in [1.29, 1.82) is 0 Å². The molecular weight excluding hydrogens is 220 g/mol. The van der Waals surface area contributed by atoms with E-state index in [9.17, 15) is 9.59 Å². The van der Waals surface area contributed by atoms with Gasteiger partial charge in [-0.15, -0.1) is 0 Å². The number of amides is 3. The van der Waals surface area contributed by atoms with Crippen LogP contribution in [0.4, 0.5) is 4.79 Å². The molecule has 0 aromatic carbocycles. The lowest BCUT2D eigenvalue weighted by Gasteiger charge is -2.27. The maximum atomic E-state index is 11.6. The molecule has 0 aromatic heterocycles. The number of nitrogens with one attached hydrogen (secondary N) is 2. The molecule has 2 atom stereocenters. The van der Waals surface area contributed by atoms with Crippen LogP contribution in [-0.4, -0.2) is 31.1 Å². The zero-order valence-electron chi connectivity index (χ0n) is 10.1. The summed E-state index contributed by atoms with van der Waals surface area (Å²) in [5.41, 5.74) is 10.9. The molecule has 0 aromatic rings. The number of nitrogens with two attached hydrogens (primary N) is 2. The molecule has 1 aliphatic carbocycles. The van der Waals surface area contributed by atoms with Gasteiger partial charge in [-0.25, -0.2) is 4.79 Å². The third-order valence-corrected chi connectivity index (χ3v) is 3.16. The van der Waals surface area contributed by atoms with Crippen LogP contribution in [0.15, 0.2) is 0 Å². The van der Waals surface area contributed by atoms with Gasteiger partial charge in [-0.05, 0) is 18.8 Å². The highest BCUT2D eigenvalue weighted by molar-refractivity contribution is 5.76. The summed E-state index contributed by atoms with van der Waals surface area (Å²) in [6.07, 6.45) is 4.86. The molecule has 2 unspecified atom stereocenters. The van der Waals surface area contributed by atoms with Gasteiger partial charge < -0.3 is 22.1 Å². The third-order valence-electron chi connectivity index (χ3n) is 3.16. The Labute approximate surface area is 101 Å². The predicted molar refractivity (Wildman–Crippen MR) is 65.1 cm³/mol. The Morgan fingerprint density at radius 3 is 2.41 bits per heavy atom. The van der Waals surface area contributed by atoms with E-state index in [1.54, 1.807) is 0 Å². The van der Waals surface area contributed by atoms with Crippen LogP contribution in [0.2, 0.25) is 0 Å². The van der Waals surface area contributed by atoms with Crippen LogP contribution in [0.3, 0.4) is 0 Å². The van der Waals surface area contributed by atoms with E-state index in [1.165, 1.54) is 6.42 Å². The van der Waals surface area contributed by atoms with Gasteiger partial charge >= 0.3 is 6.03 Å². The van der Waals surface area contributed by atoms with Crippen LogP contribution in [0, 0.1) is 5.92 Å². The summed E-state index contributed by atoms with van der Waals surface area (Å²) in [6, 6.07) is -0.424. The summed E-state index contributed by atoms with van der Waals surface area (Å²) in [4.78, 5) is 22.0. The van der Waals surface area contributed by atoms with Gasteiger partial charge in [0.05, 0.1) is 0 Å². The monoisotopic (exact) mass is 242 g/mol. The molecule has 0 heterocycles. The summed E-state index contributed by atoms with van der Waals surface area (Å²) in [7, 11) is 0. The largest absolute Gasteiger partial charge is 0.354 e. The molecule has 1 aliphatic rings. The van der Waals surface area contributed by atoms with Gasteiger partial charge in [-0.3, -0.25) is 4.79 Å². The van der Waals surface area contributed by atoms with Crippen molar-refractivity contribution in [3.8, 4) is 0 Å². The van der Waals surface area contributed by atoms with Gasteiger partial charge in [0.25, 0.3) is 0 Å². The molecule has 6 nitrogen and oxygen atoms in total. The molecule has 1 saturated carbocycles. The van der Waals surface area contributed by atoms with E-state index in [-0.39, 0.29) is 11.9 Å². The fourth-order valence-corrected chi connectivity index (χ4v) is 2.19. The molecule has 0 spiro atoms. The second kappa shape index (κ2) is 7.11. The molecule has 98 valence electrons. The van der Waals surface area contributed by atoms with Crippen LogP contribution in [0.1, 0.15) is 32.1 Å². The Morgan fingerprint density at radius 1 is 1.12 bits per heavy atom. The quantitative estimate of drug-likeness (QED) is 0.496. The Balaban J connectivity index is 2.13. The van der Waals surface area contributed by atoms with Gasteiger partial charge in [0.1, 0.15) is 0 Å². The molecule has 0 saturated heterocycles. The summed E-state index contributed by atoms with van der Waals surface area (Å²) in [5.74, 6) is 0.298. The van der Waals surface area contributed by atoms with Crippen LogP contribution >= 0.6 is 0 Å². The lowest BCUT2D eigenvalue weighted by atomic mass is 9.83. The van der Waals surface area contributed by atoms with Crippen LogP contribution in [-0.2, 0) is 4.79 Å². The Kier molecular flexibility index (Phi) is 5.76. The van der Waals surface area contributed by atoms with Crippen molar-refractivity contribution in [1.82, 2.24) is 10.6 Å². The smallest absolute Gasteiger partial charge is 0.312 e. The molecule has 0 aliphatic heterocycles. The minimum Gasteiger partial charge on any atom is -0.354 e. The molecule has 0 radical (unpaired) electrons. The highest BCUT2D eigenvalue weighted by Gasteiger charge is 2.23. The fourth-order valence-electron chi connectivity index (χ4n) is 2.19. The first-order valence-electron chi connectivity index (χ1n) is 6.15. The maximum absolute atomic E-state index is 11.6. The van der Waals surface area contributed by atoms with Gasteiger partial charge in [0.15, 0.2) is 0 Å². The summed E-state index contributed by atoms with van der Waals surface area (Å²) < 4.78 is 0. The van der Waals surface area contributed by atoms with Crippen LogP contribution in [0.5, 0.6) is 0 Å². The summed E-state index contributed by atoms with van der Waals surface area (Å²) in [5, 5.41) is 5.15. The predicted octanol–water partition coefficient (Wildman–Crippen LogP) is -0.321. The maximum Gasteiger partial charge on any atom is 0.312 e. The highest BCUT2D eigenvalue weighted by atomic mass is 16.2. The average molecular weight is 242 g/mol. The van der Waals surface area contributed by atoms with E-state index in [2.05, 4.69) is 10.6 Å². The normalized spacial score (nSPS) is 24.1. The molecule has 1 fully saturated rings. The minimum atomic E-state index is -0.575. The minimum absolute atomic E-state index is 0.00128. The topological polar surface area (TPSA) is 110 Å². The lowest BCUT2D eigenvalue weighted by Crippen LogP contribution is -2.40. The van der Waals surface area contributed by atoms with Crippen molar-refractivity contribution in [3.05, 3.63) is 0 Å². The van der Waals surface area contributed by atoms with E-state index < -0.39 is 6.03 Å². The van der Waals surface area contributed by atoms with Crippen molar-refractivity contribution in [2.45, 2.75) is 38.1 Å². The van der Waals surface area contributed by atoms with Crippen molar-refractivity contribution < 1.29 is 9.59 Å². The fraction of sp³-hybridized carbons (Fsp3) is 0.818. The number of carbonyl (C=O) groups is 2. The van der Waals surface area contributed by atoms with Crippen molar-refractivity contribution in [2.75, 3.05) is 13.1 Å². The van der Waals surface area contributed by atoms with E-state index in [0.717, 1.165) is 19.3 Å². The molecule has 1 rings (SSSR count). The summed E-state index contributed by atoms with van der Waals surface area (Å²) in [6.45, 7) is 0.765. The molecule has 17 heavy (non-hydrogen) atoms. The van der Waals surface area contributed by atoms with Gasteiger partial charge in [-0.2, -0.15) is 0 Å². The SMILES string of the molecule is NC(=O)NCCNC(=O)CC1CCCCC1N. The Hall–Kier alpha value is -1.30. The van der Waals surface area contributed by atoms with E-state index in [1.807, 2.05) is 0 Å². The molecule has 3 amide bonds. The molecule has 0 bridgehead atoms. The number of hydrogen-bond acceptors (Lipinski definition) is 3. The van der Waals surface area contributed by atoms with Crippen molar-refractivity contribution >= 4 is 11.9 Å². The average Bonchev–Trinajstić information content (AvgIpc) is 2.27. The number of primary amides is 1. The van der Waals surface area contributed by atoms with Gasteiger partial charge in [-0.1, -0.05) is 12.8 Å². The second-order valence-electron chi connectivity index (χ2n) is 4.55.